The van der Waals surface area contributed by atoms with E-state index in [1.807, 2.05) is 22.3 Å². The molecule has 0 aromatic carbocycles. The van der Waals surface area contributed by atoms with Crippen LogP contribution in [0, 0.1) is 0 Å². The van der Waals surface area contributed by atoms with Gasteiger partial charge in [0.15, 0.2) is 0 Å². The van der Waals surface area contributed by atoms with Crippen LogP contribution in [0.25, 0.3) is 0 Å². The molecule has 0 nitrogen and oxygen atoms in total. The Morgan fingerprint density at radius 3 is 2.40 bits per heavy atom. The molecule has 0 saturated carbocycles. The third-order valence-corrected chi connectivity index (χ3v) is 1.22. The molecule has 0 saturated heterocycles. The summed E-state index contributed by atoms with van der Waals surface area (Å²) >= 11 is 6.36. The van der Waals surface area contributed by atoms with E-state index < -0.39 is 0 Å². The molecule has 0 amide bonds. The third kappa shape index (κ3) is 4.88. The monoisotopic (exact) mass is 204 g/mol. The van der Waals surface area contributed by atoms with E-state index >= 15 is 0 Å². The van der Waals surface area contributed by atoms with Crippen molar-refractivity contribution in [1.82, 2.24) is 0 Å². The van der Waals surface area contributed by atoms with Crippen LogP contribution in [0.15, 0.2) is 0 Å². The van der Waals surface area contributed by atoms with Gasteiger partial charge in [-0.3, -0.25) is 0 Å². The summed E-state index contributed by atoms with van der Waals surface area (Å²) in [4.78, 5) is 0. The van der Waals surface area contributed by atoms with Crippen LogP contribution in [-0.4, -0.2) is 27.7 Å². The second-order valence-corrected chi connectivity index (χ2v) is 2.29. The minimum absolute atomic E-state index is 1.10. The van der Waals surface area contributed by atoms with Crippen LogP contribution < -0.4 is 0 Å². The molecular formula is C3H6STe. The Bertz CT molecular complexity index is 28.1. The van der Waals surface area contributed by atoms with Crippen LogP contribution in [0.1, 0.15) is 6.42 Å². The molecule has 0 aliphatic heterocycles. The Labute approximate surface area is 50.9 Å². The first-order valence-corrected chi connectivity index (χ1v) is 3.74. The summed E-state index contributed by atoms with van der Waals surface area (Å²) in [5, 5.41) is 1.78. The van der Waals surface area contributed by atoms with Gasteiger partial charge in [0.2, 0.25) is 0 Å². The van der Waals surface area contributed by atoms with Crippen molar-refractivity contribution in [2.75, 3.05) is 0 Å². The van der Waals surface area contributed by atoms with Crippen molar-refractivity contribution < 1.29 is 0 Å². The molecule has 0 N–H and O–H groups in total. The van der Waals surface area contributed by atoms with Crippen molar-refractivity contribution in [3.8, 4) is 0 Å². The zero-order valence-corrected chi connectivity index (χ0v) is 6.22. The predicted octanol–water partition coefficient (Wildman–Crippen LogP) is 0.695. The van der Waals surface area contributed by atoms with E-state index in [0.29, 0.717) is 0 Å². The van der Waals surface area contributed by atoms with E-state index in [1.54, 1.807) is 5.37 Å². The molecule has 0 aromatic rings. The Morgan fingerprint density at radius 2 is 2.40 bits per heavy atom. The van der Waals surface area contributed by atoms with Crippen LogP contribution in [0.4, 0.5) is 0 Å². The fourth-order valence-corrected chi connectivity index (χ4v) is 1.06. The average Bonchev–Trinajstić information content (AvgIpc) is 1.41. The van der Waals surface area contributed by atoms with E-state index in [2.05, 4.69) is 12.2 Å². The third-order valence-electron chi connectivity index (χ3n) is 0.247. The zero-order chi connectivity index (χ0) is 4.12. The normalized spacial score (nSPS) is 7.40. The van der Waals surface area contributed by atoms with Gasteiger partial charge < -0.3 is 0 Å². The van der Waals surface area contributed by atoms with Crippen molar-refractivity contribution in [3.05, 3.63) is 0 Å². The molecular weight excluding hydrogens is 196 g/mol. The first-order chi connectivity index (χ1) is 2.41. The molecule has 0 spiro atoms. The van der Waals surface area contributed by atoms with Crippen molar-refractivity contribution in [2.24, 2.45) is 0 Å². The van der Waals surface area contributed by atoms with Crippen LogP contribution in [0.3, 0.4) is 0 Å². The molecule has 0 aliphatic carbocycles. The first-order valence-electron chi connectivity index (χ1n) is 1.46. The van der Waals surface area contributed by atoms with E-state index in [1.165, 1.54) is 4.47 Å². The van der Waals surface area contributed by atoms with Gasteiger partial charge in [0.1, 0.15) is 0 Å². The molecule has 5 heavy (non-hydrogen) atoms. The standard InChI is InChI=1S/C3H6STe/c4-2-1-3-5/h2,5H,1,3H2. The topological polar surface area (TPSA) is 0 Å². The molecule has 2 heteroatoms. The van der Waals surface area contributed by atoms with Gasteiger partial charge in [0, 0.05) is 0 Å². The van der Waals surface area contributed by atoms with Crippen molar-refractivity contribution in [1.29, 1.82) is 0 Å². The Balaban J connectivity index is 2.40. The zero-order valence-electron chi connectivity index (χ0n) is 2.85. The van der Waals surface area contributed by atoms with Crippen LogP contribution in [0.5, 0.6) is 0 Å². The fourth-order valence-electron chi connectivity index (χ4n) is 0.0527. The molecule has 0 unspecified atom stereocenters. The number of hydrogen-bond acceptors (Lipinski definition) is 1. The molecule has 0 rings (SSSR count). The van der Waals surface area contributed by atoms with Gasteiger partial charge in [-0.2, -0.15) is 0 Å². The van der Waals surface area contributed by atoms with Gasteiger partial charge in [-0.25, -0.2) is 0 Å². The molecule has 30 valence electrons. The Hall–Kier alpha value is 0.880. The van der Waals surface area contributed by atoms with Crippen molar-refractivity contribution in [2.45, 2.75) is 10.9 Å². The van der Waals surface area contributed by atoms with E-state index in [4.69, 9.17) is 0 Å². The summed E-state index contributed by atoms with van der Waals surface area (Å²) < 4.78 is 1.23. The molecule has 0 heterocycles. The summed E-state index contributed by atoms with van der Waals surface area (Å²) in [5.74, 6) is 0. The van der Waals surface area contributed by atoms with Gasteiger partial charge in [-0.1, -0.05) is 0 Å². The van der Waals surface area contributed by atoms with Gasteiger partial charge in [-0.05, 0) is 0 Å². The predicted molar refractivity (Wildman–Crippen MR) is 30.2 cm³/mol. The molecule has 0 atom stereocenters. The molecule has 0 fully saturated rings. The summed E-state index contributed by atoms with van der Waals surface area (Å²) in [6.45, 7) is 0. The summed E-state index contributed by atoms with van der Waals surface area (Å²) in [6.07, 6.45) is 1.10. The SMILES string of the molecule is S=CCC[TeH]. The van der Waals surface area contributed by atoms with Gasteiger partial charge >= 0.3 is 50.8 Å². The number of rotatable bonds is 2. The van der Waals surface area contributed by atoms with Gasteiger partial charge in [0.25, 0.3) is 0 Å². The van der Waals surface area contributed by atoms with Gasteiger partial charge in [0.05, 0.1) is 0 Å². The summed E-state index contributed by atoms with van der Waals surface area (Å²) in [5.41, 5.74) is 0. The average molecular weight is 202 g/mol. The second-order valence-electron chi connectivity index (χ2n) is 0.679. The Morgan fingerprint density at radius 1 is 1.80 bits per heavy atom. The number of hydrogen-bond donors (Lipinski definition) is 0. The second kappa shape index (κ2) is 4.88. The molecule has 0 aromatic heterocycles. The van der Waals surface area contributed by atoms with Gasteiger partial charge in [-0.15, -0.1) is 0 Å². The van der Waals surface area contributed by atoms with Crippen LogP contribution in [0.2, 0.25) is 4.47 Å². The van der Waals surface area contributed by atoms with Crippen molar-refractivity contribution >= 4 is 39.9 Å². The molecule has 0 aliphatic rings. The maximum absolute atomic E-state index is 4.53. The van der Waals surface area contributed by atoms with E-state index in [0.717, 1.165) is 6.42 Å². The molecule has 0 radical (unpaired) electrons. The Kier molecular flexibility index (Phi) is 5.74. The van der Waals surface area contributed by atoms with E-state index in [-0.39, 0.29) is 0 Å². The molecule has 0 bridgehead atoms. The number of thiocarbonyl (C=S) groups is 1. The maximum atomic E-state index is 4.53. The summed E-state index contributed by atoms with van der Waals surface area (Å²) in [6, 6.07) is 0. The fraction of sp³-hybridized carbons (Fsp3) is 0.667. The quantitative estimate of drug-likeness (QED) is 0.468. The van der Waals surface area contributed by atoms with E-state index in [9.17, 15) is 0 Å². The van der Waals surface area contributed by atoms with Crippen LogP contribution in [-0.2, 0) is 0 Å². The first kappa shape index (κ1) is 5.88. The van der Waals surface area contributed by atoms with Crippen LogP contribution >= 0.6 is 12.2 Å². The van der Waals surface area contributed by atoms with Crippen molar-refractivity contribution in [3.63, 3.8) is 0 Å². The summed E-state index contributed by atoms with van der Waals surface area (Å²) in [7, 11) is 0. The minimum atomic E-state index is 1.10.